The molecule has 0 saturated heterocycles. The van der Waals surface area contributed by atoms with Gasteiger partial charge in [-0.2, -0.15) is 5.26 Å². The molecule has 2 heterocycles. The largest absolute Gasteiger partial charge is 0.392 e. The van der Waals surface area contributed by atoms with Crippen LogP contribution < -0.4 is 0 Å². The minimum Gasteiger partial charge on any atom is -0.392 e. The van der Waals surface area contributed by atoms with Crippen LogP contribution in [0.3, 0.4) is 0 Å². The topological polar surface area (TPSA) is 61.8 Å². The summed E-state index contributed by atoms with van der Waals surface area (Å²) in [5.74, 6) is 0. The fourth-order valence-electron chi connectivity index (χ4n) is 2.43. The van der Waals surface area contributed by atoms with Gasteiger partial charge in [-0.3, -0.25) is 0 Å². The minimum atomic E-state index is 0.00562. The van der Waals surface area contributed by atoms with Crippen LogP contribution in [0.2, 0.25) is 0 Å². The zero-order chi connectivity index (χ0) is 13.9. The Hall–Kier alpha value is -2.64. The second-order valence-corrected chi connectivity index (χ2v) is 4.58. The maximum atomic E-state index is 9.44. The molecule has 3 aromatic rings. The normalized spacial score (nSPS) is 10.6. The van der Waals surface area contributed by atoms with E-state index in [9.17, 15) is 5.11 Å². The van der Waals surface area contributed by atoms with Crippen LogP contribution >= 0.6 is 0 Å². The van der Waals surface area contributed by atoms with Gasteiger partial charge >= 0.3 is 0 Å². The van der Waals surface area contributed by atoms with E-state index in [0.717, 1.165) is 22.0 Å². The lowest BCUT2D eigenvalue weighted by Crippen LogP contribution is -2.01. The molecular weight excluding hydrogens is 250 g/mol. The lowest BCUT2D eigenvalue weighted by molar-refractivity contribution is 0.283. The highest BCUT2D eigenvalue weighted by Crippen LogP contribution is 2.22. The van der Waals surface area contributed by atoms with Gasteiger partial charge in [0.2, 0.25) is 0 Å². The van der Waals surface area contributed by atoms with Gasteiger partial charge < -0.3 is 9.67 Å². The Morgan fingerprint density at radius 3 is 2.80 bits per heavy atom. The van der Waals surface area contributed by atoms with Gasteiger partial charge in [0.25, 0.3) is 0 Å². The SMILES string of the molecule is N#Cc1ncccc1Cn1cc(CO)c2ccccc21. The van der Waals surface area contributed by atoms with Gasteiger partial charge in [-0.05, 0) is 12.1 Å². The molecule has 0 aliphatic carbocycles. The van der Waals surface area contributed by atoms with E-state index in [0.29, 0.717) is 12.2 Å². The maximum Gasteiger partial charge on any atom is 0.145 e. The standard InChI is InChI=1S/C16H13N3O/c17-8-15-12(4-3-7-18-15)9-19-10-13(11-20)14-5-1-2-6-16(14)19/h1-7,10,20H,9,11H2. The van der Waals surface area contributed by atoms with E-state index in [-0.39, 0.29) is 6.61 Å². The predicted octanol–water partition coefficient (Wildman–Crippen LogP) is 2.45. The van der Waals surface area contributed by atoms with Crippen molar-refractivity contribution >= 4 is 10.9 Å². The van der Waals surface area contributed by atoms with Crippen LogP contribution in [0, 0.1) is 11.3 Å². The molecule has 0 atom stereocenters. The molecule has 0 bridgehead atoms. The number of aliphatic hydroxyl groups excluding tert-OH is 1. The highest BCUT2D eigenvalue weighted by atomic mass is 16.3. The Morgan fingerprint density at radius 1 is 1.15 bits per heavy atom. The summed E-state index contributed by atoms with van der Waals surface area (Å²) in [5, 5.41) is 19.6. The van der Waals surface area contributed by atoms with Crippen molar-refractivity contribution in [3.8, 4) is 6.07 Å². The Labute approximate surface area is 116 Å². The lowest BCUT2D eigenvalue weighted by atomic mass is 10.2. The monoisotopic (exact) mass is 263 g/mol. The van der Waals surface area contributed by atoms with Gasteiger partial charge in [0.15, 0.2) is 0 Å². The number of hydrogen-bond donors (Lipinski definition) is 1. The minimum absolute atomic E-state index is 0.00562. The van der Waals surface area contributed by atoms with Crippen LogP contribution in [-0.4, -0.2) is 14.7 Å². The van der Waals surface area contributed by atoms with E-state index in [1.165, 1.54) is 0 Å². The summed E-state index contributed by atoms with van der Waals surface area (Å²) < 4.78 is 2.04. The predicted molar refractivity (Wildman–Crippen MR) is 75.9 cm³/mol. The zero-order valence-electron chi connectivity index (χ0n) is 10.8. The number of hydrogen-bond acceptors (Lipinski definition) is 3. The van der Waals surface area contributed by atoms with E-state index in [2.05, 4.69) is 11.1 Å². The molecule has 0 spiro atoms. The van der Waals surface area contributed by atoms with Crippen molar-refractivity contribution in [2.75, 3.05) is 0 Å². The average Bonchev–Trinajstić information content (AvgIpc) is 2.86. The summed E-state index contributed by atoms with van der Waals surface area (Å²) in [5.41, 5.74) is 3.25. The summed E-state index contributed by atoms with van der Waals surface area (Å²) in [7, 11) is 0. The third-order valence-corrected chi connectivity index (χ3v) is 3.38. The van der Waals surface area contributed by atoms with E-state index in [1.807, 2.05) is 47.2 Å². The molecule has 4 nitrogen and oxygen atoms in total. The number of aromatic nitrogens is 2. The van der Waals surface area contributed by atoms with Crippen molar-refractivity contribution < 1.29 is 5.11 Å². The van der Waals surface area contributed by atoms with Crippen molar-refractivity contribution in [2.45, 2.75) is 13.2 Å². The van der Waals surface area contributed by atoms with E-state index in [4.69, 9.17) is 5.26 Å². The van der Waals surface area contributed by atoms with Crippen molar-refractivity contribution in [1.82, 2.24) is 9.55 Å². The smallest absolute Gasteiger partial charge is 0.145 e. The van der Waals surface area contributed by atoms with Crippen LogP contribution in [0.25, 0.3) is 10.9 Å². The molecule has 1 aromatic carbocycles. The number of benzene rings is 1. The Bertz CT molecular complexity index is 799. The maximum absolute atomic E-state index is 9.44. The van der Waals surface area contributed by atoms with Crippen molar-refractivity contribution in [1.29, 1.82) is 5.26 Å². The van der Waals surface area contributed by atoms with E-state index >= 15 is 0 Å². The highest BCUT2D eigenvalue weighted by Gasteiger charge is 2.09. The van der Waals surface area contributed by atoms with Crippen LogP contribution in [0.4, 0.5) is 0 Å². The van der Waals surface area contributed by atoms with E-state index < -0.39 is 0 Å². The van der Waals surface area contributed by atoms with Crippen LogP contribution in [0.15, 0.2) is 48.8 Å². The number of rotatable bonds is 3. The average molecular weight is 263 g/mol. The Balaban J connectivity index is 2.10. The van der Waals surface area contributed by atoms with Crippen LogP contribution in [0.1, 0.15) is 16.8 Å². The van der Waals surface area contributed by atoms with Gasteiger partial charge in [-0.1, -0.05) is 24.3 Å². The third-order valence-electron chi connectivity index (χ3n) is 3.38. The first kappa shape index (κ1) is 12.4. The molecule has 0 fully saturated rings. The fourth-order valence-corrected chi connectivity index (χ4v) is 2.43. The first-order chi connectivity index (χ1) is 9.83. The molecule has 0 aliphatic heterocycles. The first-order valence-electron chi connectivity index (χ1n) is 6.35. The molecule has 0 amide bonds. The van der Waals surface area contributed by atoms with Gasteiger partial charge in [0.1, 0.15) is 11.8 Å². The number of fused-ring (bicyclic) bond motifs is 1. The lowest BCUT2D eigenvalue weighted by Gasteiger charge is -2.06. The fraction of sp³-hybridized carbons (Fsp3) is 0.125. The molecule has 1 N–H and O–H groups in total. The number of para-hydroxylation sites is 1. The molecule has 0 saturated carbocycles. The first-order valence-corrected chi connectivity index (χ1v) is 6.35. The van der Waals surface area contributed by atoms with Crippen LogP contribution in [0.5, 0.6) is 0 Å². The second kappa shape index (κ2) is 5.16. The van der Waals surface area contributed by atoms with Gasteiger partial charge in [-0.15, -0.1) is 0 Å². The molecule has 4 heteroatoms. The Morgan fingerprint density at radius 2 is 2.00 bits per heavy atom. The molecule has 3 rings (SSSR count). The summed E-state index contributed by atoms with van der Waals surface area (Å²) in [4.78, 5) is 4.08. The molecule has 0 radical (unpaired) electrons. The van der Waals surface area contributed by atoms with Gasteiger partial charge in [0.05, 0.1) is 13.2 Å². The third kappa shape index (κ3) is 2.04. The summed E-state index contributed by atoms with van der Waals surface area (Å²) in [6, 6.07) is 13.8. The summed E-state index contributed by atoms with van der Waals surface area (Å²) in [6.45, 7) is 0.572. The quantitative estimate of drug-likeness (QED) is 0.789. The number of aliphatic hydroxyl groups is 1. The molecule has 2 aromatic heterocycles. The molecule has 0 aliphatic rings. The zero-order valence-corrected chi connectivity index (χ0v) is 10.8. The summed E-state index contributed by atoms with van der Waals surface area (Å²) >= 11 is 0. The van der Waals surface area contributed by atoms with Gasteiger partial charge in [0, 0.05) is 34.4 Å². The van der Waals surface area contributed by atoms with Crippen molar-refractivity contribution in [2.24, 2.45) is 0 Å². The molecular formula is C16H13N3O. The second-order valence-electron chi connectivity index (χ2n) is 4.58. The van der Waals surface area contributed by atoms with Gasteiger partial charge in [-0.25, -0.2) is 4.98 Å². The molecule has 20 heavy (non-hydrogen) atoms. The Kier molecular flexibility index (Phi) is 3.20. The number of nitrogens with zero attached hydrogens (tertiary/aromatic N) is 3. The highest BCUT2D eigenvalue weighted by molar-refractivity contribution is 5.83. The number of pyridine rings is 1. The van der Waals surface area contributed by atoms with Crippen molar-refractivity contribution in [3.05, 3.63) is 65.6 Å². The van der Waals surface area contributed by atoms with Crippen molar-refractivity contribution in [3.63, 3.8) is 0 Å². The molecule has 0 unspecified atom stereocenters. The summed E-state index contributed by atoms with van der Waals surface area (Å²) in [6.07, 6.45) is 3.55. The molecule has 98 valence electrons. The van der Waals surface area contributed by atoms with E-state index in [1.54, 1.807) is 6.20 Å². The van der Waals surface area contributed by atoms with Crippen LogP contribution in [-0.2, 0) is 13.2 Å². The number of nitriles is 1.